The van der Waals surface area contributed by atoms with Gasteiger partial charge in [0.2, 0.25) is 0 Å². The smallest absolute Gasteiger partial charge is 0.302 e. The monoisotopic (exact) mass is 276 g/mol. The van der Waals surface area contributed by atoms with Crippen LogP contribution in [0.15, 0.2) is 16.7 Å². The quantitative estimate of drug-likeness (QED) is 0.770. The highest BCUT2D eigenvalue weighted by atomic mass is 16.5. The molecule has 2 aliphatic rings. The average Bonchev–Trinajstić information content (AvgIpc) is 2.86. The summed E-state index contributed by atoms with van der Waals surface area (Å²) in [7, 11) is 0. The Morgan fingerprint density at radius 2 is 2.25 bits per heavy atom. The number of furan rings is 1. The Hall–Kier alpha value is -1.25. The topological polar surface area (TPSA) is 39.4 Å². The van der Waals surface area contributed by atoms with E-state index in [0.717, 1.165) is 12.8 Å². The van der Waals surface area contributed by atoms with Crippen molar-refractivity contribution in [3.05, 3.63) is 23.7 Å². The number of carbonyl (C=O) groups is 1. The number of esters is 1. The van der Waals surface area contributed by atoms with E-state index in [1.54, 1.807) is 0 Å². The molecule has 0 amide bonds. The molecule has 3 rings (SSSR count). The lowest BCUT2D eigenvalue weighted by atomic mass is 9.51. The summed E-state index contributed by atoms with van der Waals surface area (Å²) < 4.78 is 11.2. The largest absolute Gasteiger partial charge is 0.468 e. The Kier molecular flexibility index (Phi) is 3.19. The first kappa shape index (κ1) is 13.7. The van der Waals surface area contributed by atoms with Gasteiger partial charge in [-0.05, 0) is 43.2 Å². The van der Waals surface area contributed by atoms with Crippen molar-refractivity contribution in [2.75, 3.05) is 6.61 Å². The number of hydrogen-bond donors (Lipinski definition) is 0. The van der Waals surface area contributed by atoms with E-state index in [1.807, 2.05) is 6.26 Å². The SMILES string of the molecule is CC(=O)OCC1(C)CCCC2(C)c3occc3CCC12. The molecule has 20 heavy (non-hydrogen) atoms. The fourth-order valence-electron chi connectivity index (χ4n) is 4.69. The maximum atomic E-state index is 11.2. The zero-order valence-corrected chi connectivity index (χ0v) is 12.7. The summed E-state index contributed by atoms with van der Waals surface area (Å²) >= 11 is 0. The minimum absolute atomic E-state index is 0.0726. The Bertz CT molecular complexity index is 518. The highest BCUT2D eigenvalue weighted by Crippen LogP contribution is 2.57. The maximum absolute atomic E-state index is 11.2. The molecule has 1 heterocycles. The van der Waals surface area contributed by atoms with E-state index >= 15 is 0 Å². The zero-order chi connectivity index (χ0) is 14.4. The van der Waals surface area contributed by atoms with Gasteiger partial charge < -0.3 is 9.15 Å². The highest BCUT2D eigenvalue weighted by molar-refractivity contribution is 5.65. The van der Waals surface area contributed by atoms with E-state index < -0.39 is 0 Å². The molecule has 2 aliphatic carbocycles. The van der Waals surface area contributed by atoms with Gasteiger partial charge in [-0.25, -0.2) is 0 Å². The van der Waals surface area contributed by atoms with Crippen molar-refractivity contribution in [2.24, 2.45) is 11.3 Å². The van der Waals surface area contributed by atoms with Crippen LogP contribution in [0.2, 0.25) is 0 Å². The first-order valence-electron chi connectivity index (χ1n) is 7.66. The average molecular weight is 276 g/mol. The van der Waals surface area contributed by atoms with Crippen molar-refractivity contribution in [3.63, 3.8) is 0 Å². The van der Waals surface area contributed by atoms with Gasteiger partial charge in [-0.1, -0.05) is 20.3 Å². The predicted molar refractivity (Wildman–Crippen MR) is 76.5 cm³/mol. The molecule has 0 aliphatic heterocycles. The number of aryl methyl sites for hydroxylation is 1. The molecule has 0 saturated heterocycles. The van der Waals surface area contributed by atoms with Crippen LogP contribution in [0.3, 0.4) is 0 Å². The van der Waals surface area contributed by atoms with Crippen molar-refractivity contribution in [2.45, 2.75) is 58.3 Å². The predicted octanol–water partition coefficient (Wildman–Crippen LogP) is 3.85. The summed E-state index contributed by atoms with van der Waals surface area (Å²) in [5.41, 5.74) is 1.55. The lowest BCUT2D eigenvalue weighted by Crippen LogP contribution is -2.50. The summed E-state index contributed by atoms with van der Waals surface area (Å²) in [4.78, 5) is 11.2. The molecule has 0 spiro atoms. The molecule has 1 saturated carbocycles. The van der Waals surface area contributed by atoms with Crippen LogP contribution in [-0.2, 0) is 21.4 Å². The molecular weight excluding hydrogens is 252 g/mol. The lowest BCUT2D eigenvalue weighted by Gasteiger charge is -2.53. The zero-order valence-electron chi connectivity index (χ0n) is 12.7. The van der Waals surface area contributed by atoms with E-state index in [1.165, 1.54) is 37.5 Å². The van der Waals surface area contributed by atoms with Crippen molar-refractivity contribution in [3.8, 4) is 0 Å². The van der Waals surface area contributed by atoms with Crippen LogP contribution >= 0.6 is 0 Å². The van der Waals surface area contributed by atoms with Gasteiger partial charge in [0.05, 0.1) is 12.9 Å². The minimum atomic E-state index is -0.173. The summed E-state index contributed by atoms with van der Waals surface area (Å²) in [5.74, 6) is 1.54. The normalized spacial score (nSPS) is 36.0. The van der Waals surface area contributed by atoms with Crippen molar-refractivity contribution in [1.29, 1.82) is 0 Å². The fourth-order valence-corrected chi connectivity index (χ4v) is 4.69. The summed E-state index contributed by atoms with van der Waals surface area (Å²) in [6.07, 6.45) is 7.56. The third kappa shape index (κ3) is 1.99. The molecule has 0 N–H and O–H groups in total. The number of ether oxygens (including phenoxy) is 1. The van der Waals surface area contributed by atoms with Gasteiger partial charge in [0.15, 0.2) is 0 Å². The molecular formula is C17H24O3. The second-order valence-corrected chi connectivity index (χ2v) is 7.07. The molecule has 3 unspecified atom stereocenters. The van der Waals surface area contributed by atoms with Crippen LogP contribution in [0.25, 0.3) is 0 Å². The standard InChI is InChI=1S/C17H24O3/c1-12(18)20-11-16(2)8-4-9-17(3)14(16)6-5-13-7-10-19-15(13)17/h7,10,14H,4-6,8-9,11H2,1-3H3. The van der Waals surface area contributed by atoms with Crippen molar-refractivity contribution < 1.29 is 13.9 Å². The van der Waals surface area contributed by atoms with Crippen molar-refractivity contribution in [1.82, 2.24) is 0 Å². The van der Waals surface area contributed by atoms with E-state index in [2.05, 4.69) is 19.9 Å². The third-order valence-corrected chi connectivity index (χ3v) is 5.63. The Labute approximate surface area is 120 Å². The Morgan fingerprint density at radius 3 is 3.00 bits per heavy atom. The molecule has 1 fully saturated rings. The summed E-state index contributed by atoms with van der Waals surface area (Å²) in [6, 6.07) is 2.12. The minimum Gasteiger partial charge on any atom is -0.468 e. The van der Waals surface area contributed by atoms with Crippen LogP contribution < -0.4 is 0 Å². The van der Waals surface area contributed by atoms with E-state index in [-0.39, 0.29) is 16.8 Å². The Balaban J connectivity index is 1.92. The van der Waals surface area contributed by atoms with E-state index in [4.69, 9.17) is 9.15 Å². The first-order valence-corrected chi connectivity index (χ1v) is 7.66. The van der Waals surface area contributed by atoms with E-state index in [9.17, 15) is 4.79 Å². The molecule has 0 aromatic carbocycles. The van der Waals surface area contributed by atoms with Gasteiger partial charge in [0.1, 0.15) is 5.76 Å². The van der Waals surface area contributed by atoms with Gasteiger partial charge in [0.25, 0.3) is 0 Å². The van der Waals surface area contributed by atoms with E-state index in [0.29, 0.717) is 12.5 Å². The lowest BCUT2D eigenvalue weighted by molar-refractivity contribution is -0.148. The van der Waals surface area contributed by atoms with Gasteiger partial charge in [-0.3, -0.25) is 4.79 Å². The van der Waals surface area contributed by atoms with Gasteiger partial charge in [0, 0.05) is 17.8 Å². The molecule has 3 heteroatoms. The van der Waals surface area contributed by atoms with Crippen LogP contribution in [0, 0.1) is 11.3 Å². The van der Waals surface area contributed by atoms with Crippen LogP contribution in [0.5, 0.6) is 0 Å². The van der Waals surface area contributed by atoms with Gasteiger partial charge in [-0.2, -0.15) is 0 Å². The van der Waals surface area contributed by atoms with Crippen molar-refractivity contribution >= 4 is 5.97 Å². The second-order valence-electron chi connectivity index (χ2n) is 7.07. The van der Waals surface area contributed by atoms with Gasteiger partial charge in [-0.15, -0.1) is 0 Å². The number of fused-ring (bicyclic) bond motifs is 3. The molecule has 0 bridgehead atoms. The Morgan fingerprint density at radius 1 is 1.45 bits per heavy atom. The van der Waals surface area contributed by atoms with Gasteiger partial charge >= 0.3 is 5.97 Å². The fraction of sp³-hybridized carbons (Fsp3) is 0.706. The molecule has 3 nitrogen and oxygen atoms in total. The number of carbonyl (C=O) groups excluding carboxylic acids is 1. The van der Waals surface area contributed by atoms with Crippen LogP contribution in [0.1, 0.15) is 57.8 Å². The maximum Gasteiger partial charge on any atom is 0.302 e. The molecule has 3 atom stereocenters. The third-order valence-electron chi connectivity index (χ3n) is 5.63. The number of rotatable bonds is 2. The second kappa shape index (κ2) is 4.64. The molecule has 110 valence electrons. The van der Waals surface area contributed by atoms with Crippen LogP contribution in [0.4, 0.5) is 0 Å². The summed E-state index contributed by atoms with van der Waals surface area (Å²) in [6.45, 7) is 6.66. The first-order chi connectivity index (χ1) is 9.46. The molecule has 1 aromatic rings. The summed E-state index contributed by atoms with van der Waals surface area (Å²) in [5, 5.41) is 0. The highest BCUT2D eigenvalue weighted by Gasteiger charge is 2.53. The molecule has 0 radical (unpaired) electrons. The molecule has 1 aromatic heterocycles. The van der Waals surface area contributed by atoms with Crippen LogP contribution in [-0.4, -0.2) is 12.6 Å². The number of hydrogen-bond acceptors (Lipinski definition) is 3.